The van der Waals surface area contributed by atoms with Crippen LogP contribution >= 0.6 is 11.3 Å². The maximum atomic E-state index is 12.4. The topological polar surface area (TPSA) is 59.4 Å². The lowest BCUT2D eigenvalue weighted by Crippen LogP contribution is -2.28. The average Bonchev–Trinajstić information content (AvgIpc) is 3.13. The van der Waals surface area contributed by atoms with Gasteiger partial charge in [0, 0.05) is 4.70 Å². The molecule has 0 saturated heterocycles. The molecule has 2 aromatic carbocycles. The Balaban J connectivity index is 1.70. The molecule has 5 rings (SSSR count). The van der Waals surface area contributed by atoms with Gasteiger partial charge < -0.3 is 9.84 Å². The van der Waals surface area contributed by atoms with Crippen LogP contribution in [0.4, 0.5) is 0 Å². The van der Waals surface area contributed by atoms with E-state index < -0.39 is 5.97 Å². The second-order valence-corrected chi connectivity index (χ2v) is 9.99. The van der Waals surface area contributed by atoms with Crippen molar-refractivity contribution in [3.8, 4) is 16.3 Å². The van der Waals surface area contributed by atoms with Crippen LogP contribution in [0.2, 0.25) is 0 Å². The number of nitrogens with zero attached hydrogens (tertiary/aromatic N) is 1. The third-order valence-corrected chi connectivity index (χ3v) is 8.04. The van der Waals surface area contributed by atoms with Gasteiger partial charge in [-0.15, -0.1) is 11.3 Å². The molecule has 2 aromatic heterocycles. The molecule has 1 N–H and O–H groups in total. The number of pyridine rings is 1. The van der Waals surface area contributed by atoms with Gasteiger partial charge in [-0.25, -0.2) is 9.78 Å². The van der Waals surface area contributed by atoms with Crippen LogP contribution in [0.1, 0.15) is 54.1 Å². The van der Waals surface area contributed by atoms with Gasteiger partial charge in [-0.1, -0.05) is 37.6 Å². The number of aromatic carboxylic acids is 1. The van der Waals surface area contributed by atoms with Crippen molar-refractivity contribution >= 4 is 38.3 Å². The summed E-state index contributed by atoms with van der Waals surface area (Å²) in [5, 5.41) is 12.0. The normalized spacial score (nSPS) is 18.8. The quantitative estimate of drug-likeness (QED) is 0.356. The van der Waals surface area contributed by atoms with Crippen molar-refractivity contribution in [2.45, 2.75) is 52.6 Å². The monoisotopic (exact) mass is 445 g/mol. The Hall–Kier alpha value is -2.92. The van der Waals surface area contributed by atoms with Crippen LogP contribution in [0.3, 0.4) is 0 Å². The number of hydrogen-bond acceptors (Lipinski definition) is 4. The zero-order valence-corrected chi connectivity index (χ0v) is 19.5. The summed E-state index contributed by atoms with van der Waals surface area (Å²) in [6, 6.07) is 13.9. The fourth-order valence-corrected chi connectivity index (χ4v) is 6.03. The van der Waals surface area contributed by atoms with Crippen molar-refractivity contribution in [2.75, 3.05) is 0 Å². The summed E-state index contributed by atoms with van der Waals surface area (Å²) >= 11 is 1.66. The summed E-state index contributed by atoms with van der Waals surface area (Å²) in [7, 11) is 0. The van der Waals surface area contributed by atoms with Crippen LogP contribution < -0.4 is 4.74 Å². The summed E-state index contributed by atoms with van der Waals surface area (Å²) in [6.07, 6.45) is 4.65. The molecule has 0 unspecified atom stereocenters. The number of fused-ring (bicyclic) bond motifs is 2. The summed E-state index contributed by atoms with van der Waals surface area (Å²) in [5.41, 5.74) is 3.75. The van der Waals surface area contributed by atoms with E-state index in [2.05, 4.69) is 26.0 Å². The number of carbonyl (C=O) groups is 1. The Morgan fingerprint density at radius 1 is 1.12 bits per heavy atom. The molecule has 0 spiro atoms. The molecule has 0 radical (unpaired) electrons. The molecule has 5 heteroatoms. The SMILES string of the molecule is Cc1c(-c2cc(C(=O)O)c3c(O[C@H]4CCCC[C@H]4C)ccc(C)c3n2)sc2ccccc12. The molecule has 4 nitrogen and oxygen atoms in total. The minimum atomic E-state index is -0.954. The number of carboxylic acid groups (broad SMARTS) is 1. The number of aromatic nitrogens is 1. The molecule has 1 aliphatic rings. The molecule has 0 amide bonds. The highest BCUT2D eigenvalue weighted by Crippen LogP contribution is 2.41. The molecule has 1 saturated carbocycles. The van der Waals surface area contributed by atoms with Crippen LogP contribution in [0.15, 0.2) is 42.5 Å². The zero-order valence-electron chi connectivity index (χ0n) is 18.6. The number of rotatable bonds is 4. The molecule has 2 heterocycles. The van der Waals surface area contributed by atoms with Gasteiger partial charge in [0.2, 0.25) is 0 Å². The highest BCUT2D eigenvalue weighted by Gasteiger charge is 2.26. The van der Waals surface area contributed by atoms with E-state index in [0.717, 1.165) is 35.3 Å². The first-order valence-electron chi connectivity index (χ1n) is 11.3. The van der Waals surface area contributed by atoms with Gasteiger partial charge >= 0.3 is 5.97 Å². The second-order valence-electron chi connectivity index (χ2n) is 8.93. The third-order valence-electron chi connectivity index (χ3n) is 6.74. The second kappa shape index (κ2) is 8.21. The van der Waals surface area contributed by atoms with E-state index in [0.29, 0.717) is 28.3 Å². The van der Waals surface area contributed by atoms with E-state index >= 15 is 0 Å². The molecular weight excluding hydrogens is 418 g/mol. The first-order valence-corrected chi connectivity index (χ1v) is 12.1. The number of carboxylic acids is 1. The zero-order chi connectivity index (χ0) is 22.4. The lowest BCUT2D eigenvalue weighted by atomic mass is 9.88. The van der Waals surface area contributed by atoms with Crippen LogP contribution in [0.5, 0.6) is 5.75 Å². The molecule has 0 bridgehead atoms. The van der Waals surface area contributed by atoms with Crippen molar-refractivity contribution in [2.24, 2.45) is 5.92 Å². The maximum Gasteiger partial charge on any atom is 0.336 e. The Kier molecular flexibility index (Phi) is 5.38. The van der Waals surface area contributed by atoms with Gasteiger partial charge in [0.05, 0.1) is 27.0 Å². The predicted molar refractivity (Wildman–Crippen MR) is 131 cm³/mol. The van der Waals surface area contributed by atoms with Crippen LogP contribution in [0, 0.1) is 19.8 Å². The number of hydrogen-bond donors (Lipinski definition) is 1. The minimum absolute atomic E-state index is 0.112. The molecule has 164 valence electrons. The Bertz CT molecular complexity index is 1340. The first-order chi connectivity index (χ1) is 15.4. The minimum Gasteiger partial charge on any atom is -0.489 e. The summed E-state index contributed by atoms with van der Waals surface area (Å²) in [5.74, 6) is 0.139. The van der Waals surface area contributed by atoms with Gasteiger partial charge in [0.1, 0.15) is 11.9 Å². The van der Waals surface area contributed by atoms with Gasteiger partial charge in [0.25, 0.3) is 0 Å². The van der Waals surface area contributed by atoms with Crippen LogP contribution in [-0.4, -0.2) is 22.2 Å². The smallest absolute Gasteiger partial charge is 0.336 e. The van der Waals surface area contributed by atoms with Crippen molar-refractivity contribution in [1.29, 1.82) is 0 Å². The van der Waals surface area contributed by atoms with E-state index in [1.807, 2.05) is 31.2 Å². The molecule has 1 fully saturated rings. The van der Waals surface area contributed by atoms with Gasteiger partial charge in [-0.2, -0.15) is 0 Å². The van der Waals surface area contributed by atoms with E-state index in [1.165, 1.54) is 16.5 Å². The Morgan fingerprint density at radius 3 is 2.66 bits per heavy atom. The summed E-state index contributed by atoms with van der Waals surface area (Å²) in [4.78, 5) is 18.4. The standard InChI is InChI=1S/C27H27NO3S/c1-15-8-4-6-10-21(15)31-22-13-12-16(2)25-24(22)19(27(29)30)14-20(28-25)26-17(3)18-9-5-7-11-23(18)32-26/h5,7,9,11-15,21H,4,6,8,10H2,1-3H3,(H,29,30)/t15-,21+/m1/s1. The highest BCUT2D eigenvalue weighted by molar-refractivity contribution is 7.22. The average molecular weight is 446 g/mol. The van der Waals surface area contributed by atoms with E-state index in [-0.39, 0.29) is 11.7 Å². The lowest BCUT2D eigenvalue weighted by Gasteiger charge is -2.30. The van der Waals surface area contributed by atoms with Crippen molar-refractivity contribution in [1.82, 2.24) is 4.98 Å². The molecule has 0 aliphatic heterocycles. The van der Waals surface area contributed by atoms with E-state index in [1.54, 1.807) is 17.4 Å². The number of thiophene rings is 1. The highest BCUT2D eigenvalue weighted by atomic mass is 32.1. The van der Waals surface area contributed by atoms with Crippen LogP contribution in [0.25, 0.3) is 31.6 Å². The first kappa shape index (κ1) is 21.0. The molecular formula is C27H27NO3S. The Morgan fingerprint density at radius 2 is 1.91 bits per heavy atom. The van der Waals surface area contributed by atoms with Gasteiger partial charge in [0.15, 0.2) is 0 Å². The fraction of sp³-hybridized carbons (Fsp3) is 0.333. The molecule has 2 atom stereocenters. The fourth-order valence-electron chi connectivity index (χ4n) is 4.87. The summed E-state index contributed by atoms with van der Waals surface area (Å²) in [6.45, 7) is 6.28. The predicted octanol–water partition coefficient (Wildman–Crippen LogP) is 7.39. The van der Waals surface area contributed by atoms with Crippen molar-refractivity contribution in [3.05, 3.63) is 59.2 Å². The van der Waals surface area contributed by atoms with Gasteiger partial charge in [-0.3, -0.25) is 0 Å². The molecule has 1 aliphatic carbocycles. The summed E-state index contributed by atoms with van der Waals surface area (Å²) < 4.78 is 7.62. The number of ether oxygens (including phenoxy) is 1. The molecule has 32 heavy (non-hydrogen) atoms. The van der Waals surface area contributed by atoms with E-state index in [4.69, 9.17) is 9.72 Å². The maximum absolute atomic E-state index is 12.4. The van der Waals surface area contributed by atoms with Gasteiger partial charge in [-0.05, 0) is 73.7 Å². The van der Waals surface area contributed by atoms with E-state index in [9.17, 15) is 9.90 Å². The van der Waals surface area contributed by atoms with Crippen LogP contribution in [-0.2, 0) is 0 Å². The number of aryl methyl sites for hydroxylation is 2. The lowest BCUT2D eigenvalue weighted by molar-refractivity contribution is 0.0697. The largest absolute Gasteiger partial charge is 0.489 e. The Labute approximate surface area is 191 Å². The van der Waals surface area contributed by atoms with Crippen molar-refractivity contribution < 1.29 is 14.6 Å². The molecule has 4 aromatic rings. The third kappa shape index (κ3) is 3.55. The van der Waals surface area contributed by atoms with Crippen molar-refractivity contribution in [3.63, 3.8) is 0 Å². The number of benzene rings is 2.